The fraction of sp³-hybridized carbons (Fsp3) is 0.500. The molecule has 132 valence electrons. The lowest BCUT2D eigenvalue weighted by Crippen LogP contribution is -2.39. The maximum Gasteiger partial charge on any atom is 0.330 e. The Balaban J connectivity index is 2.44. The van der Waals surface area contributed by atoms with Gasteiger partial charge in [0, 0.05) is 6.20 Å². The smallest absolute Gasteiger partial charge is 0.330 e. The molecule has 12 heteroatoms. The number of nitrogens with one attached hydrogen (secondary N) is 2. The second-order valence-corrected chi connectivity index (χ2v) is 5.55. The summed E-state index contributed by atoms with van der Waals surface area (Å²) in [6.45, 7) is 0.931. The standard InChI is InChI=1S/C12H17N5O6S/c1-4(15-16-11(13)24)5-2-17(12(22)14-9(5)21)10-8(20)7(19)6(3-18)23-10/h2,6-8,10,18-20H,3H2,1H3,(H3,13,16,24)(H,14,21,22). The number of H-pyrrole nitrogens is 1. The quantitative estimate of drug-likeness (QED) is 0.183. The number of thiocarbonyl (C=S) groups is 1. The monoisotopic (exact) mass is 359 g/mol. The Morgan fingerprint density at radius 2 is 2.17 bits per heavy atom. The fourth-order valence-corrected chi connectivity index (χ4v) is 2.29. The zero-order valence-corrected chi connectivity index (χ0v) is 13.4. The molecule has 0 spiro atoms. The van der Waals surface area contributed by atoms with Gasteiger partial charge in [0.2, 0.25) is 0 Å². The molecular formula is C12H17N5O6S. The van der Waals surface area contributed by atoms with Crippen LogP contribution >= 0.6 is 12.2 Å². The lowest BCUT2D eigenvalue weighted by atomic mass is 10.1. The first-order chi connectivity index (χ1) is 11.3. The van der Waals surface area contributed by atoms with E-state index in [-0.39, 0.29) is 16.4 Å². The third kappa shape index (κ3) is 3.52. The van der Waals surface area contributed by atoms with E-state index >= 15 is 0 Å². The van der Waals surface area contributed by atoms with Gasteiger partial charge in [-0.3, -0.25) is 19.8 Å². The zero-order chi connectivity index (χ0) is 18.0. The second-order valence-electron chi connectivity index (χ2n) is 5.11. The van der Waals surface area contributed by atoms with Gasteiger partial charge in [0.05, 0.1) is 17.9 Å². The van der Waals surface area contributed by atoms with Crippen molar-refractivity contribution in [1.82, 2.24) is 15.0 Å². The summed E-state index contributed by atoms with van der Waals surface area (Å²) in [4.78, 5) is 26.0. The molecule has 0 radical (unpaired) electrons. The van der Waals surface area contributed by atoms with E-state index in [4.69, 9.17) is 15.6 Å². The van der Waals surface area contributed by atoms with E-state index in [0.717, 1.165) is 10.8 Å². The van der Waals surface area contributed by atoms with Gasteiger partial charge >= 0.3 is 5.69 Å². The predicted octanol–water partition coefficient (Wildman–Crippen LogP) is -3.29. The van der Waals surface area contributed by atoms with Crippen LogP contribution in [0.15, 0.2) is 20.9 Å². The predicted molar refractivity (Wildman–Crippen MR) is 86.5 cm³/mol. The van der Waals surface area contributed by atoms with E-state index in [2.05, 4.69) is 27.7 Å². The Bertz CT molecular complexity index is 774. The number of aromatic nitrogens is 2. The lowest BCUT2D eigenvalue weighted by molar-refractivity contribution is -0.0550. The van der Waals surface area contributed by atoms with Crippen molar-refractivity contribution in [3.8, 4) is 0 Å². The van der Waals surface area contributed by atoms with Crippen molar-refractivity contribution in [3.63, 3.8) is 0 Å². The summed E-state index contributed by atoms with van der Waals surface area (Å²) >= 11 is 4.60. The number of hydrogen-bond acceptors (Lipinski definition) is 8. The van der Waals surface area contributed by atoms with Crippen LogP contribution in [0.25, 0.3) is 0 Å². The van der Waals surface area contributed by atoms with Crippen LogP contribution in [0.2, 0.25) is 0 Å². The first kappa shape index (κ1) is 18.2. The minimum absolute atomic E-state index is 0.00362. The van der Waals surface area contributed by atoms with Gasteiger partial charge in [-0.15, -0.1) is 0 Å². The topological polar surface area (TPSA) is 175 Å². The molecule has 0 aromatic carbocycles. The molecule has 1 aromatic rings. The van der Waals surface area contributed by atoms with E-state index < -0.39 is 42.4 Å². The molecule has 1 saturated heterocycles. The normalized spacial score (nSPS) is 27.2. The Kier molecular flexibility index (Phi) is 5.46. The van der Waals surface area contributed by atoms with E-state index in [0.29, 0.717) is 0 Å². The van der Waals surface area contributed by atoms with Gasteiger partial charge in [-0.25, -0.2) is 4.79 Å². The van der Waals surface area contributed by atoms with Gasteiger partial charge in [-0.2, -0.15) is 5.10 Å². The van der Waals surface area contributed by atoms with Gasteiger partial charge in [-0.1, -0.05) is 0 Å². The Morgan fingerprint density at radius 1 is 1.50 bits per heavy atom. The highest BCUT2D eigenvalue weighted by Crippen LogP contribution is 2.27. The van der Waals surface area contributed by atoms with Gasteiger partial charge in [-0.05, 0) is 19.1 Å². The van der Waals surface area contributed by atoms with E-state index in [1.165, 1.54) is 6.92 Å². The van der Waals surface area contributed by atoms with Crippen LogP contribution in [-0.4, -0.2) is 60.6 Å². The molecular weight excluding hydrogens is 342 g/mol. The minimum atomic E-state index is -1.47. The number of rotatable bonds is 4. The highest BCUT2D eigenvalue weighted by Gasteiger charge is 2.43. The second kappa shape index (κ2) is 7.19. The molecule has 24 heavy (non-hydrogen) atoms. The first-order valence-corrected chi connectivity index (χ1v) is 7.25. The number of hydrogen-bond donors (Lipinski definition) is 6. The Morgan fingerprint density at radius 3 is 2.71 bits per heavy atom. The number of nitrogens with two attached hydrogens (primary N) is 1. The molecule has 1 aliphatic heterocycles. The highest BCUT2D eigenvalue weighted by atomic mass is 32.1. The molecule has 11 nitrogen and oxygen atoms in total. The van der Waals surface area contributed by atoms with Crippen molar-refractivity contribution in [2.24, 2.45) is 10.8 Å². The SMILES string of the molecule is CC(=NNC(N)=S)c1cn(C2OC(CO)C(O)C2O)c(=O)[nH]c1=O. The van der Waals surface area contributed by atoms with Crippen LogP contribution < -0.4 is 22.4 Å². The fourth-order valence-electron chi connectivity index (χ4n) is 2.24. The molecule has 7 N–H and O–H groups in total. The average molecular weight is 359 g/mol. The zero-order valence-electron chi connectivity index (χ0n) is 12.5. The van der Waals surface area contributed by atoms with Crippen LogP contribution in [-0.2, 0) is 4.74 Å². The molecule has 0 aliphatic carbocycles. The van der Waals surface area contributed by atoms with Crippen molar-refractivity contribution in [3.05, 3.63) is 32.6 Å². The van der Waals surface area contributed by atoms with Crippen molar-refractivity contribution in [2.75, 3.05) is 6.61 Å². The molecule has 0 bridgehead atoms. The molecule has 2 rings (SSSR count). The van der Waals surface area contributed by atoms with E-state index in [9.17, 15) is 19.8 Å². The average Bonchev–Trinajstić information content (AvgIpc) is 2.80. The molecule has 0 saturated carbocycles. The van der Waals surface area contributed by atoms with Crippen LogP contribution in [0.3, 0.4) is 0 Å². The summed E-state index contributed by atoms with van der Waals surface area (Å²) in [6.07, 6.45) is -4.06. The Hall–Kier alpha value is -2.12. The van der Waals surface area contributed by atoms with Crippen molar-refractivity contribution >= 4 is 23.0 Å². The summed E-state index contributed by atoms with van der Waals surface area (Å²) < 4.78 is 6.17. The molecule has 1 aromatic heterocycles. The number of ether oxygens (including phenoxy) is 1. The van der Waals surface area contributed by atoms with Gasteiger partial charge in [0.1, 0.15) is 18.3 Å². The van der Waals surface area contributed by atoms with E-state index in [1.807, 2.05) is 0 Å². The third-order valence-corrected chi connectivity index (χ3v) is 3.57. The van der Waals surface area contributed by atoms with Gasteiger partial charge < -0.3 is 25.8 Å². The van der Waals surface area contributed by atoms with Gasteiger partial charge in [0.15, 0.2) is 11.3 Å². The van der Waals surface area contributed by atoms with Crippen LogP contribution in [0.1, 0.15) is 18.7 Å². The maximum absolute atomic E-state index is 12.0. The number of hydrazone groups is 1. The lowest BCUT2D eigenvalue weighted by Gasteiger charge is -2.17. The van der Waals surface area contributed by atoms with Crippen molar-refractivity contribution in [2.45, 2.75) is 31.5 Å². The van der Waals surface area contributed by atoms with Crippen LogP contribution in [0, 0.1) is 0 Å². The van der Waals surface area contributed by atoms with Gasteiger partial charge in [0.25, 0.3) is 5.56 Å². The summed E-state index contributed by atoms with van der Waals surface area (Å²) in [5.74, 6) is 0. The third-order valence-electron chi connectivity index (χ3n) is 3.48. The van der Waals surface area contributed by atoms with Crippen molar-refractivity contribution in [1.29, 1.82) is 0 Å². The van der Waals surface area contributed by atoms with Crippen molar-refractivity contribution < 1.29 is 20.1 Å². The summed E-state index contributed by atoms with van der Waals surface area (Å²) in [6, 6.07) is 0. The number of nitrogens with zero attached hydrogens (tertiary/aromatic N) is 2. The molecule has 1 aliphatic rings. The number of aromatic amines is 1. The Labute approximate surface area is 140 Å². The summed E-state index contributed by atoms with van der Waals surface area (Å²) in [7, 11) is 0. The van der Waals surface area contributed by atoms with Crippen LogP contribution in [0.4, 0.5) is 0 Å². The largest absolute Gasteiger partial charge is 0.394 e. The number of aliphatic hydroxyl groups is 3. The summed E-state index contributed by atoms with van der Waals surface area (Å²) in [5, 5.41) is 32.6. The molecule has 0 amide bonds. The van der Waals surface area contributed by atoms with E-state index in [1.54, 1.807) is 0 Å². The number of aliphatic hydroxyl groups excluding tert-OH is 3. The van der Waals surface area contributed by atoms with Crippen LogP contribution in [0.5, 0.6) is 0 Å². The summed E-state index contributed by atoms with van der Waals surface area (Å²) in [5.41, 5.74) is 6.15. The molecule has 2 heterocycles. The molecule has 1 fully saturated rings. The minimum Gasteiger partial charge on any atom is -0.394 e. The molecule has 4 unspecified atom stereocenters. The maximum atomic E-state index is 12.0. The highest BCUT2D eigenvalue weighted by molar-refractivity contribution is 7.80. The first-order valence-electron chi connectivity index (χ1n) is 6.84. The molecule has 4 atom stereocenters.